The molecule has 8 heteroatoms. The van der Waals surface area contributed by atoms with Crippen molar-refractivity contribution in [2.75, 3.05) is 19.0 Å². The van der Waals surface area contributed by atoms with Crippen LogP contribution in [0.15, 0.2) is 52.0 Å². The van der Waals surface area contributed by atoms with Crippen molar-refractivity contribution >= 4 is 39.6 Å². The summed E-state index contributed by atoms with van der Waals surface area (Å²) >= 11 is 3.40. The minimum atomic E-state index is -0.905. The number of hydrazone groups is 1. The summed E-state index contributed by atoms with van der Waals surface area (Å²) in [6.45, 7) is 6.02. The van der Waals surface area contributed by atoms with Gasteiger partial charge in [0.25, 0.3) is 5.91 Å². The van der Waals surface area contributed by atoms with E-state index in [4.69, 9.17) is 9.47 Å². The molecule has 0 heterocycles. The molecular weight excluding hydrogens is 450 g/mol. The highest BCUT2D eigenvalue weighted by Crippen LogP contribution is 2.22. The topological polar surface area (TPSA) is 89.0 Å². The maximum Gasteiger partial charge on any atom is 0.252 e. The van der Waals surface area contributed by atoms with E-state index >= 15 is 0 Å². The van der Waals surface area contributed by atoms with Crippen LogP contribution in [0.3, 0.4) is 0 Å². The molecular formula is C22H26BrN3O4. The number of ether oxygens (including phenoxy) is 2. The lowest BCUT2D eigenvalue weighted by Crippen LogP contribution is -2.39. The Labute approximate surface area is 185 Å². The maximum absolute atomic E-state index is 12.7. The van der Waals surface area contributed by atoms with Crippen LogP contribution in [0, 0.1) is 11.8 Å². The second-order valence-corrected chi connectivity index (χ2v) is 7.70. The van der Waals surface area contributed by atoms with Crippen LogP contribution in [0.2, 0.25) is 0 Å². The van der Waals surface area contributed by atoms with Crippen molar-refractivity contribution in [3.8, 4) is 11.5 Å². The molecule has 2 rings (SSSR count). The SMILES string of the molecule is CCOc1ccc(Br)cc1C=NNC(=O)C(C(=O)Nc1ccc(OC)cc1)C(C)C. The molecule has 0 aliphatic carbocycles. The van der Waals surface area contributed by atoms with Gasteiger partial charge in [0.05, 0.1) is 19.9 Å². The Bertz CT molecular complexity index is 898. The standard InChI is InChI=1S/C22H26BrN3O4/c1-5-30-19-11-6-16(23)12-15(19)13-24-26-22(28)20(14(2)3)21(27)25-17-7-9-18(29-4)10-8-17/h6-14,20H,5H2,1-4H3,(H,25,27)(H,26,28). The van der Waals surface area contributed by atoms with Gasteiger partial charge in [0, 0.05) is 15.7 Å². The molecule has 0 aliphatic rings. The van der Waals surface area contributed by atoms with Crippen molar-refractivity contribution in [3.05, 3.63) is 52.5 Å². The van der Waals surface area contributed by atoms with Gasteiger partial charge in [-0.2, -0.15) is 5.10 Å². The lowest BCUT2D eigenvalue weighted by molar-refractivity contribution is -0.134. The molecule has 2 amide bonds. The highest BCUT2D eigenvalue weighted by atomic mass is 79.9. The van der Waals surface area contributed by atoms with Gasteiger partial charge in [-0.3, -0.25) is 9.59 Å². The number of halogens is 1. The second kappa shape index (κ2) is 11.3. The normalized spacial score (nSPS) is 11.9. The van der Waals surface area contributed by atoms with E-state index in [1.54, 1.807) is 31.4 Å². The van der Waals surface area contributed by atoms with E-state index in [1.807, 2.05) is 39.0 Å². The second-order valence-electron chi connectivity index (χ2n) is 6.79. The lowest BCUT2D eigenvalue weighted by Gasteiger charge is -2.18. The number of benzene rings is 2. The average molecular weight is 476 g/mol. The molecule has 0 radical (unpaired) electrons. The molecule has 0 saturated heterocycles. The molecule has 0 bridgehead atoms. The Morgan fingerprint density at radius 1 is 1.13 bits per heavy atom. The monoisotopic (exact) mass is 475 g/mol. The summed E-state index contributed by atoms with van der Waals surface area (Å²) in [5.74, 6) is -0.683. The Morgan fingerprint density at radius 2 is 1.83 bits per heavy atom. The largest absolute Gasteiger partial charge is 0.497 e. The maximum atomic E-state index is 12.7. The molecule has 0 aliphatic heterocycles. The van der Waals surface area contributed by atoms with Gasteiger partial charge in [0.2, 0.25) is 5.91 Å². The van der Waals surface area contributed by atoms with E-state index in [-0.39, 0.29) is 5.92 Å². The van der Waals surface area contributed by atoms with E-state index in [9.17, 15) is 9.59 Å². The Hall–Kier alpha value is -2.87. The molecule has 0 aromatic heterocycles. The van der Waals surface area contributed by atoms with Gasteiger partial charge in [-0.25, -0.2) is 5.43 Å². The number of methoxy groups -OCH3 is 1. The third-order valence-electron chi connectivity index (χ3n) is 4.24. The summed E-state index contributed by atoms with van der Waals surface area (Å²) < 4.78 is 11.5. The molecule has 0 saturated carbocycles. The first-order valence-electron chi connectivity index (χ1n) is 9.55. The quantitative estimate of drug-likeness (QED) is 0.322. The smallest absolute Gasteiger partial charge is 0.252 e. The van der Waals surface area contributed by atoms with Gasteiger partial charge >= 0.3 is 0 Å². The highest BCUT2D eigenvalue weighted by molar-refractivity contribution is 9.10. The predicted molar refractivity (Wildman–Crippen MR) is 121 cm³/mol. The molecule has 7 nitrogen and oxygen atoms in total. The number of carbonyl (C=O) groups is 2. The molecule has 0 spiro atoms. The summed E-state index contributed by atoms with van der Waals surface area (Å²) in [4.78, 5) is 25.3. The third kappa shape index (κ3) is 6.59. The van der Waals surface area contributed by atoms with Gasteiger partial charge in [-0.1, -0.05) is 29.8 Å². The molecule has 0 fully saturated rings. The number of rotatable bonds is 9. The van der Waals surface area contributed by atoms with Crippen molar-refractivity contribution in [3.63, 3.8) is 0 Å². The fourth-order valence-corrected chi connectivity index (χ4v) is 3.14. The number of anilines is 1. The third-order valence-corrected chi connectivity index (χ3v) is 4.73. The Balaban J connectivity index is 2.07. The van der Waals surface area contributed by atoms with Crippen LogP contribution >= 0.6 is 15.9 Å². The van der Waals surface area contributed by atoms with Gasteiger partial charge in [-0.15, -0.1) is 0 Å². The van der Waals surface area contributed by atoms with Crippen molar-refractivity contribution < 1.29 is 19.1 Å². The van der Waals surface area contributed by atoms with E-state index in [2.05, 4.69) is 31.8 Å². The van der Waals surface area contributed by atoms with Gasteiger partial charge in [0.15, 0.2) is 0 Å². The van der Waals surface area contributed by atoms with E-state index in [0.29, 0.717) is 29.4 Å². The lowest BCUT2D eigenvalue weighted by atomic mass is 9.94. The average Bonchev–Trinajstić information content (AvgIpc) is 2.70. The zero-order chi connectivity index (χ0) is 22.1. The zero-order valence-electron chi connectivity index (χ0n) is 17.4. The molecule has 2 aromatic carbocycles. The van der Waals surface area contributed by atoms with E-state index in [1.165, 1.54) is 6.21 Å². The van der Waals surface area contributed by atoms with Crippen LogP contribution in [0.25, 0.3) is 0 Å². The Morgan fingerprint density at radius 3 is 2.43 bits per heavy atom. The first-order valence-corrected chi connectivity index (χ1v) is 10.3. The molecule has 30 heavy (non-hydrogen) atoms. The summed E-state index contributed by atoms with van der Waals surface area (Å²) in [5, 5.41) is 6.78. The fourth-order valence-electron chi connectivity index (χ4n) is 2.76. The van der Waals surface area contributed by atoms with Crippen molar-refractivity contribution in [2.45, 2.75) is 20.8 Å². The molecule has 1 atom stereocenters. The van der Waals surface area contributed by atoms with Crippen LogP contribution in [0.1, 0.15) is 26.3 Å². The van der Waals surface area contributed by atoms with Gasteiger partial charge in [-0.05, 0) is 55.3 Å². The summed E-state index contributed by atoms with van der Waals surface area (Å²) in [6, 6.07) is 12.4. The molecule has 2 aromatic rings. The molecule has 1 unspecified atom stereocenters. The number of hydrogen-bond acceptors (Lipinski definition) is 5. The zero-order valence-corrected chi connectivity index (χ0v) is 19.0. The minimum Gasteiger partial charge on any atom is -0.497 e. The summed E-state index contributed by atoms with van der Waals surface area (Å²) in [7, 11) is 1.57. The summed E-state index contributed by atoms with van der Waals surface area (Å²) in [5.41, 5.74) is 3.75. The number of hydrogen-bond donors (Lipinski definition) is 2. The number of nitrogens with zero attached hydrogens (tertiary/aromatic N) is 1. The van der Waals surface area contributed by atoms with Gasteiger partial charge < -0.3 is 14.8 Å². The fraction of sp³-hybridized carbons (Fsp3) is 0.318. The van der Waals surface area contributed by atoms with Crippen molar-refractivity contribution in [1.29, 1.82) is 0 Å². The molecule has 160 valence electrons. The van der Waals surface area contributed by atoms with Crippen LogP contribution in [-0.4, -0.2) is 31.7 Å². The number of carbonyl (C=O) groups excluding carboxylic acids is 2. The van der Waals surface area contributed by atoms with E-state index < -0.39 is 17.7 Å². The van der Waals surface area contributed by atoms with Crippen molar-refractivity contribution in [1.82, 2.24) is 5.43 Å². The highest BCUT2D eigenvalue weighted by Gasteiger charge is 2.30. The Kier molecular flexibility index (Phi) is 8.86. The summed E-state index contributed by atoms with van der Waals surface area (Å²) in [6.07, 6.45) is 1.49. The number of amides is 2. The van der Waals surface area contributed by atoms with Crippen LogP contribution < -0.4 is 20.2 Å². The predicted octanol–water partition coefficient (Wildman–Crippen LogP) is 4.22. The first-order chi connectivity index (χ1) is 14.3. The van der Waals surface area contributed by atoms with Crippen LogP contribution in [0.4, 0.5) is 5.69 Å². The number of nitrogens with one attached hydrogen (secondary N) is 2. The molecule has 2 N–H and O–H groups in total. The van der Waals surface area contributed by atoms with Crippen LogP contribution in [-0.2, 0) is 9.59 Å². The van der Waals surface area contributed by atoms with E-state index in [0.717, 1.165) is 4.47 Å². The minimum absolute atomic E-state index is 0.219. The van der Waals surface area contributed by atoms with Crippen LogP contribution in [0.5, 0.6) is 11.5 Å². The van der Waals surface area contributed by atoms with Crippen molar-refractivity contribution in [2.24, 2.45) is 16.9 Å². The van der Waals surface area contributed by atoms with Gasteiger partial charge in [0.1, 0.15) is 17.4 Å². The first kappa shape index (κ1) is 23.4.